The third-order valence-electron chi connectivity index (χ3n) is 5.04. The van der Waals surface area contributed by atoms with Crippen molar-refractivity contribution >= 4 is 23.0 Å². The molecule has 4 rings (SSSR count). The molecular formula is C22H21N3O4. The first-order valence-corrected chi connectivity index (χ1v) is 9.38. The van der Waals surface area contributed by atoms with E-state index in [-0.39, 0.29) is 5.88 Å². The second-order valence-corrected chi connectivity index (χ2v) is 7.07. The van der Waals surface area contributed by atoms with E-state index in [2.05, 4.69) is 17.1 Å². The Kier molecular flexibility index (Phi) is 4.80. The number of aromatic nitrogens is 2. The topological polar surface area (TPSA) is 107 Å². The highest BCUT2D eigenvalue weighted by Gasteiger charge is 2.29. The van der Waals surface area contributed by atoms with Gasteiger partial charge < -0.3 is 20.0 Å². The Morgan fingerprint density at radius 1 is 1.28 bits per heavy atom. The maximum atomic E-state index is 12.2. The van der Waals surface area contributed by atoms with Gasteiger partial charge in [-0.2, -0.15) is 0 Å². The van der Waals surface area contributed by atoms with Gasteiger partial charge in [0.15, 0.2) is 6.61 Å². The number of ether oxygens (including phenoxy) is 1. The number of rotatable bonds is 6. The minimum Gasteiger partial charge on any atom is -0.479 e. The van der Waals surface area contributed by atoms with Crippen molar-refractivity contribution in [3.8, 4) is 5.88 Å². The number of carboxylic acids is 1. The summed E-state index contributed by atoms with van der Waals surface area (Å²) in [6, 6.07) is 10.0. The molecule has 0 aliphatic heterocycles. The third-order valence-corrected chi connectivity index (χ3v) is 5.04. The van der Waals surface area contributed by atoms with Crippen molar-refractivity contribution in [2.24, 2.45) is 5.73 Å². The summed E-state index contributed by atoms with van der Waals surface area (Å²) in [5.74, 6) is -1.42. The van der Waals surface area contributed by atoms with Gasteiger partial charge in [0, 0.05) is 29.4 Å². The van der Waals surface area contributed by atoms with Crippen molar-refractivity contribution in [3.63, 3.8) is 0 Å². The van der Waals surface area contributed by atoms with Crippen LogP contribution in [0.25, 0.3) is 11.1 Å². The summed E-state index contributed by atoms with van der Waals surface area (Å²) in [6.07, 6.45) is 5.84. The number of amides is 1. The smallest absolute Gasteiger partial charge is 0.341 e. The number of hydrogen-bond donors (Lipinski definition) is 2. The predicted octanol–water partition coefficient (Wildman–Crippen LogP) is 2.51. The fourth-order valence-electron chi connectivity index (χ4n) is 3.93. The predicted molar refractivity (Wildman–Crippen MR) is 108 cm³/mol. The lowest BCUT2D eigenvalue weighted by atomic mass is 9.90. The van der Waals surface area contributed by atoms with Gasteiger partial charge >= 0.3 is 5.97 Å². The van der Waals surface area contributed by atoms with Crippen LogP contribution in [0, 0.1) is 6.92 Å². The average Bonchev–Trinajstić information content (AvgIpc) is 3.00. The number of aryl methyl sites for hydroxylation is 1. The van der Waals surface area contributed by atoms with E-state index in [1.165, 1.54) is 0 Å². The molecule has 0 atom stereocenters. The molecule has 7 nitrogen and oxygen atoms in total. The Morgan fingerprint density at radius 2 is 2.03 bits per heavy atom. The molecule has 7 heteroatoms. The van der Waals surface area contributed by atoms with Gasteiger partial charge in [-0.05, 0) is 30.9 Å². The minimum atomic E-state index is -1.10. The molecule has 0 bridgehead atoms. The monoisotopic (exact) mass is 391 g/mol. The van der Waals surface area contributed by atoms with E-state index in [4.69, 9.17) is 15.6 Å². The summed E-state index contributed by atoms with van der Waals surface area (Å²) in [6.45, 7) is 1.30. The summed E-state index contributed by atoms with van der Waals surface area (Å²) in [5, 5.41) is 9.05. The number of allylic oxidation sites excluding steroid dienone is 1. The van der Waals surface area contributed by atoms with E-state index in [1.54, 1.807) is 0 Å². The molecule has 3 aromatic rings. The van der Waals surface area contributed by atoms with Gasteiger partial charge in [-0.15, -0.1) is 0 Å². The van der Waals surface area contributed by atoms with E-state index < -0.39 is 18.5 Å². The summed E-state index contributed by atoms with van der Waals surface area (Å²) in [5.41, 5.74) is 11.2. The fraction of sp³-hybridized carbons (Fsp3) is 0.227. The van der Waals surface area contributed by atoms with Crippen LogP contribution in [0.2, 0.25) is 0 Å². The van der Waals surface area contributed by atoms with Crippen LogP contribution in [0.4, 0.5) is 0 Å². The quantitative estimate of drug-likeness (QED) is 0.671. The van der Waals surface area contributed by atoms with Crippen LogP contribution in [0.15, 0.2) is 42.6 Å². The van der Waals surface area contributed by atoms with Gasteiger partial charge in [0.2, 0.25) is 11.8 Å². The average molecular weight is 391 g/mol. The highest BCUT2D eigenvalue weighted by atomic mass is 16.5. The molecule has 0 saturated carbocycles. The zero-order valence-corrected chi connectivity index (χ0v) is 16.0. The minimum absolute atomic E-state index is 0.192. The molecule has 1 aliphatic carbocycles. The van der Waals surface area contributed by atoms with Crippen molar-refractivity contribution in [1.29, 1.82) is 0 Å². The molecule has 1 amide bonds. The lowest BCUT2D eigenvalue weighted by Gasteiger charge is -2.14. The number of carbonyl (C=O) groups excluding carboxylic acids is 1. The molecule has 0 radical (unpaired) electrons. The van der Waals surface area contributed by atoms with Crippen LogP contribution in [-0.4, -0.2) is 33.0 Å². The van der Waals surface area contributed by atoms with Gasteiger partial charge in [0.1, 0.15) is 5.52 Å². The third kappa shape index (κ3) is 3.47. The lowest BCUT2D eigenvalue weighted by molar-refractivity contribution is -0.139. The van der Waals surface area contributed by atoms with E-state index in [0.717, 1.165) is 23.2 Å². The van der Waals surface area contributed by atoms with Crippen LogP contribution < -0.4 is 10.5 Å². The molecule has 2 aromatic heterocycles. The number of primary amides is 1. The molecule has 0 fully saturated rings. The fourth-order valence-corrected chi connectivity index (χ4v) is 3.93. The molecule has 148 valence electrons. The van der Waals surface area contributed by atoms with Crippen LogP contribution >= 0.6 is 0 Å². The Bertz CT molecular complexity index is 1150. The number of benzene rings is 1. The van der Waals surface area contributed by atoms with Crippen molar-refractivity contribution in [3.05, 3.63) is 70.7 Å². The number of nitrogens with zero attached hydrogens (tertiary/aromatic N) is 2. The highest BCUT2D eigenvalue weighted by Crippen LogP contribution is 2.39. The zero-order chi connectivity index (χ0) is 20.5. The molecule has 1 aromatic carbocycles. The van der Waals surface area contributed by atoms with E-state index in [1.807, 2.05) is 41.8 Å². The van der Waals surface area contributed by atoms with Crippen molar-refractivity contribution < 1.29 is 19.4 Å². The van der Waals surface area contributed by atoms with Gasteiger partial charge in [-0.25, -0.2) is 9.78 Å². The van der Waals surface area contributed by atoms with E-state index in [9.17, 15) is 9.59 Å². The second-order valence-electron chi connectivity index (χ2n) is 7.07. The van der Waals surface area contributed by atoms with Crippen molar-refractivity contribution in [2.75, 3.05) is 6.61 Å². The first-order valence-electron chi connectivity index (χ1n) is 9.38. The molecule has 0 spiro atoms. The maximum Gasteiger partial charge on any atom is 0.341 e. The summed E-state index contributed by atoms with van der Waals surface area (Å²) in [7, 11) is 0. The van der Waals surface area contributed by atoms with E-state index >= 15 is 0 Å². The SMILES string of the molecule is Cc1cn2c(Cc3ccccc3)c3c(c2c(OCC(=O)O)n1)C(C(N)=O)=CCC3. The van der Waals surface area contributed by atoms with Gasteiger partial charge in [-0.3, -0.25) is 4.79 Å². The van der Waals surface area contributed by atoms with Crippen molar-refractivity contribution in [2.45, 2.75) is 26.2 Å². The molecule has 2 heterocycles. The van der Waals surface area contributed by atoms with Crippen molar-refractivity contribution in [1.82, 2.24) is 9.38 Å². The zero-order valence-electron chi connectivity index (χ0n) is 16.0. The summed E-state index contributed by atoms with van der Waals surface area (Å²) < 4.78 is 7.48. The largest absolute Gasteiger partial charge is 0.479 e. The number of nitrogens with two attached hydrogens (primary N) is 1. The molecule has 3 N–H and O–H groups in total. The Balaban J connectivity index is 1.99. The standard InChI is InChI=1S/C22H21N3O4/c1-13-11-25-17(10-14-6-3-2-4-7-14)15-8-5-9-16(21(23)28)19(15)20(25)22(24-13)29-12-18(26)27/h2-4,6-7,9,11H,5,8,10,12H2,1H3,(H2,23,28)(H,26,27). The van der Waals surface area contributed by atoms with Gasteiger partial charge in [0.05, 0.1) is 5.69 Å². The summed E-state index contributed by atoms with van der Waals surface area (Å²) >= 11 is 0. The lowest BCUT2D eigenvalue weighted by Crippen LogP contribution is -2.16. The molecule has 29 heavy (non-hydrogen) atoms. The number of carbonyl (C=O) groups is 2. The van der Waals surface area contributed by atoms with Gasteiger partial charge in [-0.1, -0.05) is 36.4 Å². The molecular weight excluding hydrogens is 370 g/mol. The number of fused-ring (bicyclic) bond motifs is 3. The molecule has 0 unspecified atom stereocenters. The van der Waals surface area contributed by atoms with Gasteiger partial charge in [0.25, 0.3) is 0 Å². The molecule has 0 saturated heterocycles. The van der Waals surface area contributed by atoms with E-state index in [0.29, 0.717) is 35.2 Å². The number of hydrogen-bond acceptors (Lipinski definition) is 4. The number of carboxylic acid groups (broad SMARTS) is 1. The Labute approximate surface area is 167 Å². The summed E-state index contributed by atoms with van der Waals surface area (Å²) in [4.78, 5) is 27.6. The Hall–Kier alpha value is -3.61. The van der Waals surface area contributed by atoms with Crippen LogP contribution in [0.1, 0.15) is 34.5 Å². The Morgan fingerprint density at radius 3 is 2.72 bits per heavy atom. The second kappa shape index (κ2) is 7.43. The van der Waals surface area contributed by atoms with Crippen LogP contribution in [-0.2, 0) is 22.4 Å². The first-order chi connectivity index (χ1) is 14.0. The normalized spacial score (nSPS) is 13.1. The first kappa shape index (κ1) is 18.7. The number of aliphatic carboxylic acids is 1. The van der Waals surface area contributed by atoms with Crippen LogP contribution in [0.3, 0.4) is 0 Å². The molecule has 1 aliphatic rings. The maximum absolute atomic E-state index is 12.2. The highest BCUT2D eigenvalue weighted by molar-refractivity contribution is 6.22. The van der Waals surface area contributed by atoms with Crippen LogP contribution in [0.5, 0.6) is 5.88 Å².